The van der Waals surface area contributed by atoms with Crippen molar-refractivity contribution in [2.45, 2.75) is 78.9 Å². The predicted molar refractivity (Wildman–Crippen MR) is 106 cm³/mol. The van der Waals surface area contributed by atoms with Crippen molar-refractivity contribution >= 4 is 33.1 Å². The molecule has 0 saturated heterocycles. The Morgan fingerprint density at radius 2 is 0.821 bits per heavy atom. The average Bonchev–Trinajstić information content (AvgIpc) is 2.52. The molecule has 0 aromatic carbocycles. The zero-order valence-corrected chi connectivity index (χ0v) is 19.0. The van der Waals surface area contributed by atoms with E-state index >= 15 is 0 Å². The molecule has 0 aliphatic carbocycles. The van der Waals surface area contributed by atoms with Gasteiger partial charge in [0.05, 0.1) is 0 Å². The second kappa shape index (κ2) is 13.1. The Balaban J connectivity index is 5.12. The number of nitrogens with two attached hydrogens (primary N) is 3. The number of rotatable bonds is 12. The number of carbonyl (C=O) groups excluding carboxylic acids is 3. The van der Waals surface area contributed by atoms with Crippen molar-refractivity contribution in [1.82, 2.24) is 0 Å². The largest absolute Gasteiger partial charge is 1.20 e. The maximum absolute atomic E-state index is 12.2. The van der Waals surface area contributed by atoms with E-state index in [1.807, 2.05) is 41.5 Å². The third-order valence-corrected chi connectivity index (χ3v) is 5.00. The molecule has 28 heavy (non-hydrogen) atoms. The lowest BCUT2D eigenvalue weighted by Gasteiger charge is -2.21. The van der Waals surface area contributed by atoms with E-state index in [1.54, 1.807) is 0 Å². The Morgan fingerprint density at radius 1 is 0.607 bits per heavy atom. The van der Waals surface area contributed by atoms with Crippen LogP contribution in [-0.4, -0.2) is 51.2 Å². The normalized spacial score (nSPS) is 14.6. The Bertz CT molecular complexity index is 444. The van der Waals surface area contributed by atoms with Crippen molar-refractivity contribution in [3.63, 3.8) is 0 Å². The first-order chi connectivity index (χ1) is 12.8. The first kappa shape index (κ1) is 26.8. The van der Waals surface area contributed by atoms with E-state index in [2.05, 4.69) is 0 Å². The summed E-state index contributed by atoms with van der Waals surface area (Å²) in [5.74, 6) is -1.90. The highest BCUT2D eigenvalue weighted by atomic mass is 27.3. The summed E-state index contributed by atoms with van der Waals surface area (Å²) in [6.45, 7) is 11.4. The van der Waals surface area contributed by atoms with Crippen molar-refractivity contribution in [1.29, 1.82) is 0 Å². The summed E-state index contributed by atoms with van der Waals surface area (Å²) in [6, 6.07) is -2.75. The first-order valence-corrected chi connectivity index (χ1v) is 11.1. The van der Waals surface area contributed by atoms with Crippen LogP contribution < -0.4 is 17.2 Å². The monoisotopic (exact) mass is 417 g/mol. The van der Waals surface area contributed by atoms with E-state index in [0.717, 1.165) is 0 Å². The van der Waals surface area contributed by atoms with Crippen molar-refractivity contribution < 1.29 is 25.7 Å². The van der Waals surface area contributed by atoms with Crippen molar-refractivity contribution in [2.24, 2.45) is 35.0 Å². The van der Waals surface area contributed by atoms with Crippen LogP contribution in [0.3, 0.4) is 0 Å². The van der Waals surface area contributed by atoms with E-state index < -0.39 is 51.2 Å². The summed E-state index contributed by atoms with van der Waals surface area (Å²) in [7, 11) is 0. The number of hydrogen-bond donors (Lipinski definition) is 3. The fourth-order valence-electron chi connectivity index (χ4n) is 2.43. The lowest BCUT2D eigenvalue weighted by molar-refractivity contribution is -0.150. The van der Waals surface area contributed by atoms with Crippen LogP contribution in [0.15, 0.2) is 0 Å². The summed E-state index contributed by atoms with van der Waals surface area (Å²) < 4.78 is 15.4. The van der Waals surface area contributed by atoms with Gasteiger partial charge in [0.15, 0.2) is 0 Å². The second-order valence-corrected chi connectivity index (χ2v) is 9.59. The van der Waals surface area contributed by atoms with Gasteiger partial charge in [-0.1, -0.05) is 41.5 Å². The number of carbonyl (C=O) groups is 3. The van der Waals surface area contributed by atoms with Crippen LogP contribution in [0.5, 0.6) is 0 Å². The Kier molecular flexibility index (Phi) is 12.6. The lowest BCUT2D eigenvalue weighted by atomic mass is 10.1. The maximum Gasteiger partial charge on any atom is 1.20 e. The Morgan fingerprint density at radius 3 is 1.00 bits per heavy atom. The molecule has 0 aromatic rings. The fourth-order valence-corrected chi connectivity index (χ4v) is 3.67. The Hall–Kier alpha value is -1.18. The summed E-state index contributed by atoms with van der Waals surface area (Å²) in [4.78, 5) is 36.6. The molecule has 0 saturated carbocycles. The highest BCUT2D eigenvalue weighted by Crippen LogP contribution is 2.10. The van der Waals surface area contributed by atoms with Gasteiger partial charge in [0.1, 0.15) is 18.1 Å². The van der Waals surface area contributed by atoms with Crippen LogP contribution in [-0.2, 0) is 25.7 Å². The van der Waals surface area contributed by atoms with Gasteiger partial charge < -0.3 is 28.6 Å². The van der Waals surface area contributed by atoms with Gasteiger partial charge in [-0.25, -0.2) is 0 Å². The smallest absolute Gasteiger partial charge is 0.550 e. The van der Waals surface area contributed by atoms with Crippen LogP contribution in [0.4, 0.5) is 0 Å². The van der Waals surface area contributed by atoms with E-state index in [9.17, 15) is 14.4 Å². The molecule has 0 radical (unpaired) electrons. The molecule has 0 spiro atoms. The summed E-state index contributed by atoms with van der Waals surface area (Å²) in [5, 5.41) is 0. The molecular weight excluding hydrogens is 381 g/mol. The van der Waals surface area contributed by atoms with Gasteiger partial charge in [-0.15, -0.1) is 0 Å². The summed E-state index contributed by atoms with van der Waals surface area (Å²) in [6.07, 6.45) is 1.13. The minimum absolute atomic E-state index is 0.159. The van der Waals surface area contributed by atoms with Crippen LogP contribution in [0.1, 0.15) is 60.8 Å². The maximum atomic E-state index is 12.2. The zero-order valence-electron chi connectivity index (χ0n) is 17.8. The molecule has 6 N–H and O–H groups in total. The summed E-state index contributed by atoms with van der Waals surface area (Å²) >= 11 is -3.50. The quantitative estimate of drug-likeness (QED) is 0.389. The molecule has 0 unspecified atom stereocenters. The second-order valence-electron chi connectivity index (χ2n) is 8.31. The van der Waals surface area contributed by atoms with E-state index in [4.69, 9.17) is 28.6 Å². The lowest BCUT2D eigenvalue weighted by Crippen LogP contribution is -2.47. The first-order valence-electron chi connectivity index (χ1n) is 9.71. The van der Waals surface area contributed by atoms with Crippen LogP contribution >= 0.6 is 0 Å². The van der Waals surface area contributed by atoms with Crippen LogP contribution in [0.2, 0.25) is 0 Å². The topological polar surface area (TPSA) is 157 Å². The Labute approximate surface area is 173 Å². The average molecular weight is 417 g/mol. The number of hydrogen-bond acceptors (Lipinski definition) is 9. The third kappa shape index (κ3) is 11.6. The predicted octanol–water partition coefficient (Wildman–Crippen LogP) is 0.721. The molecule has 9 nitrogen and oxygen atoms in total. The van der Waals surface area contributed by atoms with Gasteiger partial charge in [0.2, 0.25) is 0 Å². The van der Waals surface area contributed by atoms with Crippen LogP contribution in [0.25, 0.3) is 0 Å². The molecule has 0 aromatic heterocycles. The van der Waals surface area contributed by atoms with Gasteiger partial charge in [0, 0.05) is 0 Å². The molecule has 0 aliphatic heterocycles. The summed E-state index contributed by atoms with van der Waals surface area (Å²) in [5.41, 5.74) is 17.4. The molecule has 0 aliphatic rings. The molecule has 0 rings (SSSR count). The van der Waals surface area contributed by atoms with Crippen LogP contribution in [0, 0.1) is 17.8 Å². The zero-order chi connectivity index (χ0) is 22.0. The standard InChI is InChI=1S/3C6H13NO2.Al/c3*1-4(2)3-5(7)6(8)9;/h3*4-5H,3,7H2,1-2H3,(H,8,9);/q;;;+3/p-3/t3*5-;/m000./s1. The van der Waals surface area contributed by atoms with Gasteiger partial charge in [0.25, 0.3) is 17.9 Å². The highest BCUT2D eigenvalue weighted by molar-refractivity contribution is 6.44. The van der Waals surface area contributed by atoms with E-state index in [1.165, 1.54) is 0 Å². The van der Waals surface area contributed by atoms with Gasteiger partial charge in [-0.05, 0) is 37.0 Å². The van der Waals surface area contributed by atoms with E-state index in [-0.39, 0.29) is 17.8 Å². The molecule has 3 atom stereocenters. The molecule has 0 heterocycles. The molecule has 0 bridgehead atoms. The minimum Gasteiger partial charge on any atom is -0.550 e. The van der Waals surface area contributed by atoms with Crippen molar-refractivity contribution in [3.05, 3.63) is 0 Å². The molecular formula is C18H36AlN3O6. The van der Waals surface area contributed by atoms with Gasteiger partial charge >= 0.3 is 15.1 Å². The molecule has 0 amide bonds. The van der Waals surface area contributed by atoms with Crippen molar-refractivity contribution in [2.75, 3.05) is 0 Å². The fraction of sp³-hybridized carbons (Fsp3) is 0.833. The molecule has 162 valence electrons. The highest BCUT2D eigenvalue weighted by Gasteiger charge is 2.51. The van der Waals surface area contributed by atoms with E-state index in [0.29, 0.717) is 19.3 Å². The molecule has 10 heteroatoms. The van der Waals surface area contributed by atoms with Crippen molar-refractivity contribution in [3.8, 4) is 0 Å². The van der Waals surface area contributed by atoms with Gasteiger partial charge in [-0.2, -0.15) is 0 Å². The molecule has 0 fully saturated rings. The minimum atomic E-state index is -3.50. The van der Waals surface area contributed by atoms with Gasteiger partial charge in [-0.3, -0.25) is 14.4 Å². The third-order valence-electron chi connectivity index (χ3n) is 3.72. The SMILES string of the molecule is CC(C)C[C@H](N)C(=O)[O][Al]([O]C(=O)[C@@H](N)CC(C)C)[O]C(=O)[C@@H](N)CC(C)C.